The zero-order valence-electron chi connectivity index (χ0n) is 16.6. The van der Waals surface area contributed by atoms with E-state index in [1.807, 2.05) is 24.3 Å². The van der Waals surface area contributed by atoms with Gasteiger partial charge in [-0.05, 0) is 55.3 Å². The Labute approximate surface area is 179 Å². The molecule has 3 N–H and O–H groups in total. The number of amides is 3. The molecule has 0 saturated carbocycles. The number of anilines is 1. The quantitative estimate of drug-likeness (QED) is 0.699. The van der Waals surface area contributed by atoms with Crippen LogP contribution in [0.15, 0.2) is 42.5 Å². The summed E-state index contributed by atoms with van der Waals surface area (Å²) >= 11 is 5.97. The van der Waals surface area contributed by atoms with E-state index in [0.717, 1.165) is 11.1 Å². The summed E-state index contributed by atoms with van der Waals surface area (Å²) in [5.74, 6) is -0.523. The molecular weight excluding hydrogens is 404 g/mol. The lowest BCUT2D eigenvalue weighted by Crippen LogP contribution is -2.55. The van der Waals surface area contributed by atoms with Crippen molar-refractivity contribution in [1.29, 1.82) is 0 Å². The molecule has 30 heavy (non-hydrogen) atoms. The zero-order chi connectivity index (χ0) is 21.3. The fourth-order valence-corrected chi connectivity index (χ4v) is 4.18. The highest BCUT2D eigenvalue weighted by atomic mass is 35.5. The lowest BCUT2D eigenvalue weighted by Gasteiger charge is -2.37. The number of hydrogen-bond donors (Lipinski definition) is 3. The second-order valence-corrected chi connectivity index (χ2v) is 8.03. The van der Waals surface area contributed by atoms with E-state index in [2.05, 4.69) is 16.0 Å². The van der Waals surface area contributed by atoms with Crippen LogP contribution >= 0.6 is 11.6 Å². The van der Waals surface area contributed by atoms with Gasteiger partial charge in [0, 0.05) is 17.6 Å². The van der Waals surface area contributed by atoms with Crippen molar-refractivity contribution in [3.05, 3.63) is 53.1 Å². The summed E-state index contributed by atoms with van der Waals surface area (Å²) in [6.07, 6.45) is 1.00. The number of likely N-dealkylation sites (N-methyl/N-ethyl adjacent to an activating group) is 1. The normalized spacial score (nSPS) is 20.7. The van der Waals surface area contributed by atoms with E-state index in [4.69, 9.17) is 11.6 Å². The molecule has 1 fully saturated rings. The molecule has 0 aliphatic carbocycles. The average Bonchev–Trinajstić information content (AvgIpc) is 2.83. The van der Waals surface area contributed by atoms with Crippen molar-refractivity contribution in [2.75, 3.05) is 25.5 Å². The molecule has 1 saturated heterocycles. The highest BCUT2D eigenvalue weighted by molar-refractivity contribution is 6.30. The van der Waals surface area contributed by atoms with Crippen LogP contribution in [0.1, 0.15) is 23.2 Å². The van der Waals surface area contributed by atoms with Gasteiger partial charge in [-0.25, -0.2) is 0 Å². The minimum atomic E-state index is -0.613. The van der Waals surface area contributed by atoms with Crippen molar-refractivity contribution in [3.8, 4) is 11.1 Å². The lowest BCUT2D eigenvalue weighted by molar-refractivity contribution is -0.124. The van der Waals surface area contributed by atoms with Gasteiger partial charge in [-0.15, -0.1) is 0 Å². The maximum absolute atomic E-state index is 13.3. The Morgan fingerprint density at radius 3 is 2.63 bits per heavy atom. The van der Waals surface area contributed by atoms with Crippen molar-refractivity contribution >= 4 is 35.0 Å². The molecule has 3 amide bonds. The van der Waals surface area contributed by atoms with Crippen LogP contribution in [0.5, 0.6) is 0 Å². The van der Waals surface area contributed by atoms with Crippen LogP contribution in [0.4, 0.5) is 5.69 Å². The third-order valence-electron chi connectivity index (χ3n) is 5.55. The zero-order valence-corrected chi connectivity index (χ0v) is 17.3. The number of carbonyl (C=O) groups excluding carboxylic acids is 3. The van der Waals surface area contributed by atoms with E-state index in [0.29, 0.717) is 35.7 Å². The molecule has 156 valence electrons. The van der Waals surface area contributed by atoms with Crippen LogP contribution in [-0.4, -0.2) is 54.8 Å². The molecule has 2 aliphatic heterocycles. The SMILES string of the molecule is CNCC(=O)N[C@H]1CCN2C(=O)c3cc(-c4ccc(Cl)cc4)ccc3NC(=O)[C@@H]2C1. The van der Waals surface area contributed by atoms with Crippen LogP contribution < -0.4 is 16.0 Å². The monoisotopic (exact) mass is 426 g/mol. The number of piperidine rings is 1. The maximum atomic E-state index is 13.3. The summed E-state index contributed by atoms with van der Waals surface area (Å²) < 4.78 is 0. The Hall–Kier alpha value is -2.90. The Bertz CT molecular complexity index is 992. The standard InChI is InChI=1S/C22H23ClN4O3/c1-24-12-20(28)25-16-8-9-27-19(11-16)21(29)26-18-7-4-14(10-17(18)22(27)30)13-2-5-15(23)6-3-13/h2-7,10,16,19,24H,8-9,11-12H2,1H3,(H,25,28)(H,26,29)/t16-,19-/m0/s1. The number of carbonyl (C=O) groups is 3. The van der Waals surface area contributed by atoms with Crippen LogP contribution in [0, 0.1) is 0 Å². The Balaban J connectivity index is 1.59. The molecule has 2 atom stereocenters. The summed E-state index contributed by atoms with van der Waals surface area (Å²) in [4.78, 5) is 39.7. The largest absolute Gasteiger partial charge is 0.352 e. The smallest absolute Gasteiger partial charge is 0.256 e. The minimum Gasteiger partial charge on any atom is -0.352 e. The summed E-state index contributed by atoms with van der Waals surface area (Å²) in [6.45, 7) is 0.626. The third kappa shape index (κ3) is 4.04. The van der Waals surface area contributed by atoms with Gasteiger partial charge in [0.1, 0.15) is 6.04 Å². The summed E-state index contributed by atoms with van der Waals surface area (Å²) in [5, 5.41) is 9.28. The van der Waals surface area contributed by atoms with Crippen LogP contribution in [0.3, 0.4) is 0 Å². The van der Waals surface area contributed by atoms with Gasteiger partial charge in [0.15, 0.2) is 0 Å². The van der Waals surface area contributed by atoms with Gasteiger partial charge in [0.05, 0.1) is 17.8 Å². The second kappa shape index (κ2) is 8.45. The van der Waals surface area contributed by atoms with Gasteiger partial charge in [-0.1, -0.05) is 29.8 Å². The number of fused-ring (bicyclic) bond motifs is 2. The van der Waals surface area contributed by atoms with Gasteiger partial charge in [0.25, 0.3) is 5.91 Å². The number of rotatable bonds is 4. The van der Waals surface area contributed by atoms with Crippen molar-refractivity contribution < 1.29 is 14.4 Å². The average molecular weight is 427 g/mol. The first-order chi connectivity index (χ1) is 14.5. The molecule has 7 nitrogen and oxygen atoms in total. The van der Waals surface area contributed by atoms with E-state index in [-0.39, 0.29) is 30.3 Å². The molecule has 2 heterocycles. The van der Waals surface area contributed by atoms with Crippen LogP contribution in [0.2, 0.25) is 5.02 Å². The Kier molecular flexibility index (Phi) is 5.74. The predicted octanol–water partition coefficient (Wildman–Crippen LogP) is 2.27. The number of nitrogens with one attached hydrogen (secondary N) is 3. The molecule has 0 aromatic heterocycles. The molecule has 0 bridgehead atoms. The molecule has 0 radical (unpaired) electrons. The van der Waals surface area contributed by atoms with E-state index in [1.165, 1.54) is 0 Å². The lowest BCUT2D eigenvalue weighted by atomic mass is 9.95. The minimum absolute atomic E-state index is 0.118. The molecule has 0 unspecified atom stereocenters. The first-order valence-corrected chi connectivity index (χ1v) is 10.3. The van der Waals surface area contributed by atoms with Gasteiger partial charge in [-0.3, -0.25) is 14.4 Å². The molecule has 0 spiro atoms. The molecule has 4 rings (SSSR count). The van der Waals surface area contributed by atoms with Gasteiger partial charge in [-0.2, -0.15) is 0 Å². The Morgan fingerprint density at radius 2 is 1.90 bits per heavy atom. The first kappa shape index (κ1) is 20.4. The van der Waals surface area contributed by atoms with Gasteiger partial charge >= 0.3 is 0 Å². The van der Waals surface area contributed by atoms with Crippen LogP contribution in [0.25, 0.3) is 11.1 Å². The van der Waals surface area contributed by atoms with Crippen molar-refractivity contribution in [3.63, 3.8) is 0 Å². The van der Waals surface area contributed by atoms with Crippen molar-refractivity contribution in [2.45, 2.75) is 24.9 Å². The molecule has 2 aromatic rings. The number of nitrogens with zero attached hydrogens (tertiary/aromatic N) is 1. The molecule has 2 aromatic carbocycles. The summed E-state index contributed by atoms with van der Waals surface area (Å²) in [7, 11) is 1.70. The van der Waals surface area contributed by atoms with Crippen LogP contribution in [-0.2, 0) is 9.59 Å². The predicted molar refractivity (Wildman–Crippen MR) is 115 cm³/mol. The highest BCUT2D eigenvalue weighted by Crippen LogP contribution is 2.32. The third-order valence-corrected chi connectivity index (χ3v) is 5.81. The van der Waals surface area contributed by atoms with Gasteiger partial charge in [0.2, 0.25) is 11.8 Å². The molecule has 8 heteroatoms. The second-order valence-electron chi connectivity index (χ2n) is 7.59. The Morgan fingerprint density at radius 1 is 1.17 bits per heavy atom. The van der Waals surface area contributed by atoms with Crippen molar-refractivity contribution in [2.24, 2.45) is 0 Å². The van der Waals surface area contributed by atoms with E-state index in [1.54, 1.807) is 30.1 Å². The first-order valence-electron chi connectivity index (χ1n) is 9.92. The maximum Gasteiger partial charge on any atom is 0.256 e. The fourth-order valence-electron chi connectivity index (χ4n) is 4.05. The molecule has 2 aliphatic rings. The summed E-state index contributed by atoms with van der Waals surface area (Å²) in [6, 6.07) is 12.1. The van der Waals surface area contributed by atoms with Crippen molar-refractivity contribution in [1.82, 2.24) is 15.5 Å². The number of halogens is 1. The fraction of sp³-hybridized carbons (Fsp3) is 0.318. The summed E-state index contributed by atoms with van der Waals surface area (Å²) in [5.41, 5.74) is 2.79. The van der Waals surface area contributed by atoms with E-state index >= 15 is 0 Å². The highest BCUT2D eigenvalue weighted by Gasteiger charge is 2.40. The van der Waals surface area contributed by atoms with E-state index < -0.39 is 6.04 Å². The topological polar surface area (TPSA) is 90.5 Å². The molecular formula is C22H23ClN4O3. The number of benzene rings is 2. The van der Waals surface area contributed by atoms with E-state index in [9.17, 15) is 14.4 Å². The number of hydrogen-bond acceptors (Lipinski definition) is 4. The van der Waals surface area contributed by atoms with Gasteiger partial charge < -0.3 is 20.9 Å².